The predicted octanol–water partition coefficient (Wildman–Crippen LogP) is 3.62. The van der Waals surface area contributed by atoms with Crippen molar-refractivity contribution in [3.05, 3.63) is 74.7 Å². The minimum atomic E-state index is -0.828. The Kier molecular flexibility index (Phi) is 9.76. The number of carbonyl (C=O) groups excluding carboxylic acids is 1. The second-order valence-electron chi connectivity index (χ2n) is 12.4. The molecule has 2 saturated heterocycles. The zero-order chi connectivity index (χ0) is 32.3. The van der Waals surface area contributed by atoms with Gasteiger partial charge in [-0.3, -0.25) is 14.5 Å². The second kappa shape index (κ2) is 13.9. The molecule has 2 aromatic carbocycles. The number of thiazole rings is 1. The van der Waals surface area contributed by atoms with Crippen LogP contribution in [0.5, 0.6) is 11.5 Å². The maximum Gasteiger partial charge on any atom is 0.305 e. The fourth-order valence-electron chi connectivity index (χ4n) is 6.09. The van der Waals surface area contributed by atoms with E-state index in [1.165, 1.54) is 6.07 Å². The van der Waals surface area contributed by atoms with Gasteiger partial charge in [-0.05, 0) is 36.6 Å². The van der Waals surface area contributed by atoms with Gasteiger partial charge in [-0.1, -0.05) is 48.5 Å². The Morgan fingerprint density at radius 1 is 1.17 bits per heavy atom. The molecule has 4 N–H and O–H groups in total. The van der Waals surface area contributed by atoms with Crippen LogP contribution >= 0.6 is 11.3 Å². The van der Waals surface area contributed by atoms with Crippen molar-refractivity contribution in [1.29, 1.82) is 0 Å². The van der Waals surface area contributed by atoms with Gasteiger partial charge in [-0.25, -0.2) is 0 Å². The Morgan fingerprint density at radius 3 is 2.70 bits per heavy atom. The van der Waals surface area contributed by atoms with E-state index in [1.807, 2.05) is 43.0 Å². The molecule has 0 bridgehead atoms. The second-order valence-corrected chi connectivity index (χ2v) is 13.4. The van der Waals surface area contributed by atoms with Crippen molar-refractivity contribution in [3.8, 4) is 11.5 Å². The summed E-state index contributed by atoms with van der Waals surface area (Å²) < 4.78 is 18.2. The highest BCUT2D eigenvalue weighted by Crippen LogP contribution is 2.32. The summed E-state index contributed by atoms with van der Waals surface area (Å²) in [5.41, 5.74) is 2.04. The summed E-state index contributed by atoms with van der Waals surface area (Å²) in [5, 5.41) is 27.9. The summed E-state index contributed by atoms with van der Waals surface area (Å²) in [6.07, 6.45) is 0.879. The topological polar surface area (TPSA) is 153 Å². The van der Waals surface area contributed by atoms with Crippen LogP contribution < -0.4 is 14.9 Å². The van der Waals surface area contributed by atoms with Gasteiger partial charge >= 0.3 is 4.87 Å². The molecule has 4 heterocycles. The van der Waals surface area contributed by atoms with Crippen LogP contribution in [0, 0.1) is 0 Å². The summed E-state index contributed by atoms with van der Waals surface area (Å²) in [6, 6.07) is 12.8. The third kappa shape index (κ3) is 7.29. The normalized spacial score (nSPS) is 17.6. The number of carbonyl (C=O) groups is 1. The predicted molar refractivity (Wildman–Crippen MR) is 174 cm³/mol. The SMILES string of the molecule is CC(C)c1cc(C(=O)N2CCOC3(CCN(CCOc4ccc(CNC[C@H](O)c5ccc(O)c6[nH]c(=O)sc56)cc4)CC3)C2)no1. The molecule has 2 aromatic heterocycles. The Hall–Kier alpha value is -3.75. The number of aliphatic hydroxyl groups is 1. The molecule has 12 nitrogen and oxygen atoms in total. The fraction of sp³-hybridized carbons (Fsp3) is 0.485. The molecule has 2 aliphatic heterocycles. The van der Waals surface area contributed by atoms with Gasteiger partial charge in [-0.15, -0.1) is 0 Å². The highest BCUT2D eigenvalue weighted by molar-refractivity contribution is 7.16. The summed E-state index contributed by atoms with van der Waals surface area (Å²) >= 11 is 0.976. The molecule has 2 fully saturated rings. The molecule has 4 aromatic rings. The average molecular weight is 652 g/mol. The van der Waals surface area contributed by atoms with Crippen molar-refractivity contribution < 1.29 is 29.0 Å². The lowest BCUT2D eigenvalue weighted by molar-refractivity contribution is -0.127. The number of benzene rings is 2. The number of phenolic OH excluding ortho intramolecular Hbond substituents is 1. The maximum absolute atomic E-state index is 13.1. The number of phenols is 1. The minimum absolute atomic E-state index is 0.0101. The smallest absolute Gasteiger partial charge is 0.305 e. The first kappa shape index (κ1) is 32.2. The highest BCUT2D eigenvalue weighted by atomic mass is 32.1. The Labute approximate surface area is 270 Å². The van der Waals surface area contributed by atoms with Crippen LogP contribution in [0.2, 0.25) is 0 Å². The van der Waals surface area contributed by atoms with E-state index in [9.17, 15) is 19.8 Å². The van der Waals surface area contributed by atoms with Gasteiger partial charge in [0.2, 0.25) is 0 Å². The zero-order valence-electron chi connectivity index (χ0n) is 26.2. The molecule has 46 heavy (non-hydrogen) atoms. The van der Waals surface area contributed by atoms with Gasteiger partial charge < -0.3 is 39.4 Å². The first-order valence-corrected chi connectivity index (χ1v) is 16.6. The van der Waals surface area contributed by atoms with Crippen LogP contribution in [0.3, 0.4) is 0 Å². The number of aromatic nitrogens is 2. The maximum atomic E-state index is 13.1. The van der Waals surface area contributed by atoms with Crippen LogP contribution in [0.25, 0.3) is 10.2 Å². The van der Waals surface area contributed by atoms with E-state index in [1.54, 1.807) is 12.1 Å². The number of aliphatic hydroxyl groups excluding tert-OH is 1. The van der Waals surface area contributed by atoms with E-state index in [2.05, 4.69) is 20.4 Å². The average Bonchev–Trinajstić information content (AvgIpc) is 3.71. The molecule has 2 aliphatic rings. The Bertz CT molecular complexity index is 1690. The van der Waals surface area contributed by atoms with E-state index < -0.39 is 6.10 Å². The van der Waals surface area contributed by atoms with Gasteiger partial charge in [-0.2, -0.15) is 0 Å². The lowest BCUT2D eigenvalue weighted by atomic mass is 9.89. The molecule has 13 heteroatoms. The van der Waals surface area contributed by atoms with Crippen molar-refractivity contribution in [2.24, 2.45) is 0 Å². The van der Waals surface area contributed by atoms with Crippen molar-refractivity contribution in [2.45, 2.75) is 50.9 Å². The molecule has 0 aliphatic carbocycles. The number of hydrogen-bond acceptors (Lipinski definition) is 11. The lowest BCUT2D eigenvalue weighted by Crippen LogP contribution is -2.58. The first-order valence-electron chi connectivity index (χ1n) is 15.8. The van der Waals surface area contributed by atoms with Crippen LogP contribution in [-0.2, 0) is 11.3 Å². The molecular formula is C33H41N5O7S. The first-order chi connectivity index (χ1) is 22.2. The van der Waals surface area contributed by atoms with Crippen molar-refractivity contribution in [1.82, 2.24) is 25.3 Å². The minimum Gasteiger partial charge on any atom is -0.506 e. The monoisotopic (exact) mass is 651 g/mol. The van der Waals surface area contributed by atoms with Gasteiger partial charge in [0.05, 0.1) is 29.6 Å². The van der Waals surface area contributed by atoms with Crippen molar-refractivity contribution in [3.63, 3.8) is 0 Å². The standard InChI is InChI=1S/C33H41N5O7S/c1-21(2)28-17-25(36-45-28)31(41)38-14-16-44-33(20-38)9-11-37(12-10-33)13-15-43-23-5-3-22(4-6-23)18-34-19-27(40)24-7-8-26(39)29-30(24)46-32(42)35-29/h3-8,17,21,27,34,39-40H,9-16,18-20H2,1-2H3,(H,35,42)/t27-/m0/s1. The number of rotatable bonds is 11. The van der Waals surface area contributed by atoms with E-state index >= 15 is 0 Å². The quantitative estimate of drug-likeness (QED) is 0.189. The number of ether oxygens (including phenoxy) is 2. The van der Waals surface area contributed by atoms with Crippen molar-refractivity contribution >= 4 is 27.5 Å². The molecule has 246 valence electrons. The number of fused-ring (bicyclic) bond motifs is 1. The third-order valence-electron chi connectivity index (χ3n) is 8.83. The molecule has 1 amide bonds. The third-order valence-corrected chi connectivity index (χ3v) is 9.76. The number of nitrogens with zero attached hydrogens (tertiary/aromatic N) is 3. The Morgan fingerprint density at radius 2 is 1.96 bits per heavy atom. The molecular weight excluding hydrogens is 610 g/mol. The number of amides is 1. The van der Waals surface area contributed by atoms with Crippen LogP contribution in [0.4, 0.5) is 0 Å². The number of morpholine rings is 1. The number of hydrogen-bond donors (Lipinski definition) is 4. The summed E-state index contributed by atoms with van der Waals surface area (Å²) in [4.78, 5) is 31.4. The van der Waals surface area contributed by atoms with Crippen LogP contribution in [0.15, 0.2) is 51.8 Å². The van der Waals surface area contributed by atoms with Gasteiger partial charge in [0.1, 0.15) is 29.4 Å². The molecule has 0 saturated carbocycles. The summed E-state index contributed by atoms with van der Waals surface area (Å²) in [7, 11) is 0. The van der Waals surface area contributed by atoms with Crippen LogP contribution in [-0.4, -0.2) is 94.1 Å². The number of aromatic hydroxyl groups is 1. The van der Waals surface area contributed by atoms with Gasteiger partial charge in [0.15, 0.2) is 5.69 Å². The van der Waals surface area contributed by atoms with E-state index in [4.69, 9.17) is 14.0 Å². The highest BCUT2D eigenvalue weighted by Gasteiger charge is 2.41. The van der Waals surface area contributed by atoms with Crippen molar-refractivity contribution in [2.75, 3.05) is 52.5 Å². The van der Waals surface area contributed by atoms with Gasteiger partial charge in [0, 0.05) is 56.8 Å². The molecule has 1 spiro atoms. The molecule has 1 atom stereocenters. The number of H-pyrrole nitrogens is 1. The molecule has 0 radical (unpaired) electrons. The van der Waals surface area contributed by atoms with Crippen LogP contribution in [0.1, 0.15) is 66.1 Å². The lowest BCUT2D eigenvalue weighted by Gasteiger charge is -2.47. The summed E-state index contributed by atoms with van der Waals surface area (Å²) in [6.45, 7) is 9.64. The number of aromatic amines is 1. The van der Waals surface area contributed by atoms with E-state index in [0.29, 0.717) is 60.9 Å². The van der Waals surface area contributed by atoms with E-state index in [0.717, 1.165) is 60.9 Å². The molecule has 6 rings (SSSR count). The number of piperidine rings is 1. The largest absolute Gasteiger partial charge is 0.506 e. The number of nitrogens with one attached hydrogen (secondary N) is 2. The molecule has 0 unspecified atom stereocenters. The fourth-order valence-corrected chi connectivity index (χ4v) is 7.01. The van der Waals surface area contributed by atoms with Gasteiger partial charge in [0.25, 0.3) is 5.91 Å². The zero-order valence-corrected chi connectivity index (χ0v) is 27.0. The van der Waals surface area contributed by atoms with E-state index in [-0.39, 0.29) is 28.0 Å². The number of likely N-dealkylation sites (tertiary alicyclic amines) is 1. The summed E-state index contributed by atoms with van der Waals surface area (Å²) in [5.74, 6) is 1.59. The Balaban J connectivity index is 0.909.